The molecular weight excluding hydrogens is 363 g/mol. The lowest BCUT2D eigenvalue weighted by molar-refractivity contribution is -0.137. The van der Waals surface area contributed by atoms with Crippen LogP contribution in [0.5, 0.6) is 0 Å². The van der Waals surface area contributed by atoms with Gasteiger partial charge in [-0.05, 0) is 30.3 Å². The number of nitrogens with one attached hydrogen (secondary N) is 2. The van der Waals surface area contributed by atoms with Gasteiger partial charge < -0.3 is 0 Å². The van der Waals surface area contributed by atoms with Crippen molar-refractivity contribution in [1.29, 1.82) is 0 Å². The van der Waals surface area contributed by atoms with Crippen LogP contribution in [0, 0.1) is 0 Å². The van der Waals surface area contributed by atoms with Crippen molar-refractivity contribution in [3.05, 3.63) is 65.7 Å². The van der Waals surface area contributed by atoms with Gasteiger partial charge in [-0.25, -0.2) is 10.3 Å². The molecule has 140 valence electrons. The van der Waals surface area contributed by atoms with Crippen LogP contribution in [0.3, 0.4) is 0 Å². The van der Waals surface area contributed by atoms with Gasteiger partial charge in [-0.15, -0.1) is 0 Å². The molecule has 3 rings (SSSR count). The van der Waals surface area contributed by atoms with Crippen LogP contribution in [0.4, 0.5) is 18.9 Å². The van der Waals surface area contributed by atoms with Crippen LogP contribution in [0.2, 0.25) is 0 Å². The summed E-state index contributed by atoms with van der Waals surface area (Å²) in [6, 6.07) is 11.1. The molecule has 0 radical (unpaired) electrons. The van der Waals surface area contributed by atoms with Gasteiger partial charge >= 0.3 is 6.18 Å². The van der Waals surface area contributed by atoms with E-state index >= 15 is 0 Å². The van der Waals surface area contributed by atoms with Gasteiger partial charge in [-0.3, -0.25) is 19.8 Å². The Morgan fingerprint density at radius 1 is 1.04 bits per heavy atom. The van der Waals surface area contributed by atoms with Crippen molar-refractivity contribution in [1.82, 2.24) is 10.9 Å². The maximum Gasteiger partial charge on any atom is 0.416 e. The smallest absolute Gasteiger partial charge is 0.287 e. The van der Waals surface area contributed by atoms with Gasteiger partial charge in [0.1, 0.15) is 6.04 Å². The van der Waals surface area contributed by atoms with Crippen LogP contribution in [-0.4, -0.2) is 23.8 Å². The Labute approximate surface area is 151 Å². The van der Waals surface area contributed by atoms with Gasteiger partial charge in [-0.1, -0.05) is 24.3 Å². The number of nitrogens with zero attached hydrogens (tertiary/aromatic N) is 1. The van der Waals surface area contributed by atoms with Gasteiger partial charge in [-0.2, -0.15) is 13.2 Å². The number of benzene rings is 2. The van der Waals surface area contributed by atoms with Crippen LogP contribution in [-0.2, 0) is 15.8 Å². The van der Waals surface area contributed by atoms with Crippen LogP contribution in [0.1, 0.15) is 22.3 Å². The van der Waals surface area contributed by atoms with E-state index in [0.29, 0.717) is 10.5 Å². The van der Waals surface area contributed by atoms with Crippen LogP contribution in [0.25, 0.3) is 0 Å². The fraction of sp³-hybridized carbons (Fsp3) is 0.167. The summed E-state index contributed by atoms with van der Waals surface area (Å²) >= 11 is 0. The molecule has 1 saturated heterocycles. The predicted octanol–water partition coefficient (Wildman–Crippen LogP) is 2.27. The SMILES string of the molecule is O=C(NNC1CC(=O)N(c2cccc(C(F)(F)F)c2)C1=O)c1ccccc1. The number of hydrogen-bond donors (Lipinski definition) is 2. The minimum atomic E-state index is -4.59. The Balaban J connectivity index is 1.71. The summed E-state index contributed by atoms with van der Waals surface area (Å²) in [5.41, 5.74) is 4.01. The standard InChI is InChI=1S/C18H14F3N3O3/c19-18(20,21)12-7-4-8-13(9-12)24-15(25)10-14(17(24)27)22-23-16(26)11-5-2-1-3-6-11/h1-9,14,22H,10H2,(H,23,26). The van der Waals surface area contributed by atoms with E-state index in [4.69, 9.17) is 0 Å². The van der Waals surface area contributed by atoms with Gasteiger partial charge in [0, 0.05) is 5.56 Å². The molecule has 1 aliphatic rings. The lowest BCUT2D eigenvalue weighted by Crippen LogP contribution is -2.48. The largest absolute Gasteiger partial charge is 0.416 e. The molecule has 1 heterocycles. The first-order valence-corrected chi connectivity index (χ1v) is 7.92. The van der Waals surface area contributed by atoms with Crippen molar-refractivity contribution in [3.8, 4) is 0 Å². The fourth-order valence-electron chi connectivity index (χ4n) is 2.65. The normalized spacial score (nSPS) is 17.3. The summed E-state index contributed by atoms with van der Waals surface area (Å²) in [6.45, 7) is 0. The third kappa shape index (κ3) is 3.98. The van der Waals surface area contributed by atoms with E-state index in [1.807, 2.05) is 0 Å². The topological polar surface area (TPSA) is 78.5 Å². The second-order valence-corrected chi connectivity index (χ2v) is 5.84. The summed E-state index contributed by atoms with van der Waals surface area (Å²) in [5.74, 6) is -1.91. The monoisotopic (exact) mass is 377 g/mol. The summed E-state index contributed by atoms with van der Waals surface area (Å²) in [7, 11) is 0. The van der Waals surface area contributed by atoms with Crippen molar-refractivity contribution in [3.63, 3.8) is 0 Å². The lowest BCUT2D eigenvalue weighted by Gasteiger charge is -2.17. The molecule has 1 aliphatic heterocycles. The van der Waals surface area contributed by atoms with Crippen molar-refractivity contribution in [2.45, 2.75) is 18.6 Å². The first kappa shape index (κ1) is 18.6. The quantitative estimate of drug-likeness (QED) is 0.633. The number of alkyl halides is 3. The highest BCUT2D eigenvalue weighted by Crippen LogP contribution is 2.33. The first-order chi connectivity index (χ1) is 12.8. The fourth-order valence-corrected chi connectivity index (χ4v) is 2.65. The molecule has 3 amide bonds. The molecule has 2 aromatic carbocycles. The number of carbonyl (C=O) groups is 3. The van der Waals surface area contributed by atoms with E-state index in [9.17, 15) is 27.6 Å². The third-order valence-corrected chi connectivity index (χ3v) is 3.97. The molecule has 1 unspecified atom stereocenters. The highest BCUT2D eigenvalue weighted by molar-refractivity contribution is 6.22. The number of rotatable bonds is 4. The maximum absolute atomic E-state index is 12.8. The Kier molecular flexibility index (Phi) is 4.95. The highest BCUT2D eigenvalue weighted by atomic mass is 19.4. The first-order valence-electron chi connectivity index (χ1n) is 7.92. The Hall–Kier alpha value is -3.20. The molecule has 0 saturated carbocycles. The number of hydrazine groups is 1. The summed E-state index contributed by atoms with van der Waals surface area (Å²) < 4.78 is 38.5. The van der Waals surface area contributed by atoms with Crippen molar-refractivity contribution >= 4 is 23.4 Å². The van der Waals surface area contributed by atoms with Crippen LogP contribution in [0.15, 0.2) is 54.6 Å². The molecule has 0 spiro atoms. The number of carbonyl (C=O) groups excluding carboxylic acids is 3. The Morgan fingerprint density at radius 3 is 2.41 bits per heavy atom. The zero-order chi connectivity index (χ0) is 19.6. The van der Waals surface area contributed by atoms with E-state index in [2.05, 4.69) is 10.9 Å². The van der Waals surface area contributed by atoms with Crippen LogP contribution < -0.4 is 15.8 Å². The molecule has 27 heavy (non-hydrogen) atoms. The van der Waals surface area contributed by atoms with Crippen molar-refractivity contribution < 1.29 is 27.6 Å². The minimum Gasteiger partial charge on any atom is -0.287 e. The second kappa shape index (κ2) is 7.20. The van der Waals surface area contributed by atoms with Crippen molar-refractivity contribution in [2.75, 3.05) is 4.90 Å². The summed E-state index contributed by atoms with van der Waals surface area (Å²) in [5, 5.41) is 0. The Morgan fingerprint density at radius 2 is 1.74 bits per heavy atom. The van der Waals surface area contributed by atoms with Gasteiger partial charge in [0.15, 0.2) is 0 Å². The van der Waals surface area contributed by atoms with E-state index in [1.165, 1.54) is 6.07 Å². The second-order valence-electron chi connectivity index (χ2n) is 5.84. The molecule has 2 N–H and O–H groups in total. The number of halogens is 3. The van der Waals surface area contributed by atoms with E-state index in [0.717, 1.165) is 18.2 Å². The van der Waals surface area contributed by atoms with Crippen LogP contribution >= 0.6 is 0 Å². The third-order valence-electron chi connectivity index (χ3n) is 3.97. The van der Waals surface area contributed by atoms with E-state index in [-0.39, 0.29) is 12.1 Å². The minimum absolute atomic E-state index is 0.168. The zero-order valence-electron chi connectivity index (χ0n) is 13.8. The molecule has 0 aromatic heterocycles. The van der Waals surface area contributed by atoms with E-state index < -0.39 is 35.5 Å². The lowest BCUT2D eigenvalue weighted by atomic mass is 10.2. The highest BCUT2D eigenvalue weighted by Gasteiger charge is 2.40. The Bertz CT molecular complexity index is 884. The summed E-state index contributed by atoms with van der Waals surface area (Å²) in [6.07, 6.45) is -4.88. The number of anilines is 1. The average molecular weight is 377 g/mol. The molecule has 9 heteroatoms. The van der Waals surface area contributed by atoms with Crippen molar-refractivity contribution in [2.24, 2.45) is 0 Å². The maximum atomic E-state index is 12.8. The molecule has 2 aromatic rings. The number of amides is 3. The summed E-state index contributed by atoms with van der Waals surface area (Å²) in [4.78, 5) is 37.2. The molecular formula is C18H14F3N3O3. The predicted molar refractivity (Wildman–Crippen MR) is 89.4 cm³/mol. The molecule has 0 aliphatic carbocycles. The molecule has 1 fully saturated rings. The van der Waals surface area contributed by atoms with Gasteiger partial charge in [0.2, 0.25) is 5.91 Å². The van der Waals surface area contributed by atoms with Gasteiger partial charge in [0.25, 0.3) is 11.8 Å². The zero-order valence-corrected chi connectivity index (χ0v) is 13.8. The number of hydrogen-bond acceptors (Lipinski definition) is 4. The van der Waals surface area contributed by atoms with E-state index in [1.54, 1.807) is 30.3 Å². The molecule has 6 nitrogen and oxygen atoms in total. The molecule has 0 bridgehead atoms. The number of imide groups is 1. The average Bonchev–Trinajstić information content (AvgIpc) is 2.93. The van der Waals surface area contributed by atoms with Gasteiger partial charge in [0.05, 0.1) is 17.7 Å². The molecule has 1 atom stereocenters.